The summed E-state index contributed by atoms with van der Waals surface area (Å²) >= 11 is 5.73. The minimum atomic E-state index is 0.221. The Hall–Kier alpha value is -2.18. The monoisotopic (exact) mass is 291 g/mol. The molecule has 3 rings (SSSR count). The van der Waals surface area contributed by atoms with Crippen molar-refractivity contribution in [2.75, 3.05) is 12.4 Å². The van der Waals surface area contributed by atoms with Gasteiger partial charge in [0.25, 0.3) is 0 Å². The first-order valence-corrected chi connectivity index (χ1v) is 6.22. The van der Waals surface area contributed by atoms with Gasteiger partial charge in [0, 0.05) is 37.6 Å². The van der Waals surface area contributed by atoms with Crippen LogP contribution in [0, 0.1) is 0 Å². The van der Waals surface area contributed by atoms with Crippen molar-refractivity contribution in [2.45, 2.75) is 0 Å². The smallest absolute Gasteiger partial charge is 0.224 e. The average Bonchev–Trinajstić information content (AvgIpc) is 2.80. The fraction of sp³-hybridized carbons (Fsp3) is 0.154. The van der Waals surface area contributed by atoms with Gasteiger partial charge in [-0.15, -0.1) is 0 Å². The van der Waals surface area contributed by atoms with Crippen molar-refractivity contribution >= 4 is 34.0 Å². The summed E-state index contributed by atoms with van der Waals surface area (Å²) in [5.74, 6) is 0.658. The number of hydrogen-bond donors (Lipinski definition) is 2. The van der Waals surface area contributed by atoms with E-state index >= 15 is 0 Å². The summed E-state index contributed by atoms with van der Waals surface area (Å²) in [6.07, 6.45) is 3.58. The Labute approximate surface area is 121 Å². The minimum Gasteiger partial charge on any atom is -0.400 e. The first kappa shape index (κ1) is 14.2. The number of halogens is 1. The lowest BCUT2D eigenvalue weighted by atomic mass is 10.2. The van der Waals surface area contributed by atoms with Crippen LogP contribution in [-0.4, -0.2) is 32.0 Å². The number of aryl methyl sites for hydroxylation is 1. The molecule has 0 fully saturated rings. The fourth-order valence-electron chi connectivity index (χ4n) is 1.77. The van der Waals surface area contributed by atoms with Gasteiger partial charge in [-0.1, -0.05) is 0 Å². The maximum absolute atomic E-state index is 7.00. The number of aliphatic hydroxyl groups excluding tert-OH is 1. The second-order valence-electron chi connectivity index (χ2n) is 3.91. The summed E-state index contributed by atoms with van der Waals surface area (Å²) < 4.78 is 1.79. The molecule has 2 aromatic heterocycles. The van der Waals surface area contributed by atoms with E-state index in [-0.39, 0.29) is 5.28 Å². The summed E-state index contributed by atoms with van der Waals surface area (Å²) in [4.78, 5) is 7.90. The molecule has 0 bridgehead atoms. The lowest BCUT2D eigenvalue weighted by Gasteiger charge is -2.04. The largest absolute Gasteiger partial charge is 0.400 e. The van der Waals surface area contributed by atoms with E-state index in [1.54, 1.807) is 16.9 Å². The number of aliphatic hydroxyl groups is 1. The number of aromatic nitrogens is 4. The summed E-state index contributed by atoms with van der Waals surface area (Å²) in [6.45, 7) is 0. The number of anilines is 2. The SMILES string of the molecule is CO.Cn1cc2ccc(Nc3ccnc(Cl)n3)cc2n1. The number of benzene rings is 1. The number of nitrogens with one attached hydrogen (secondary N) is 1. The molecule has 0 aliphatic carbocycles. The van der Waals surface area contributed by atoms with Crippen LogP contribution in [0.4, 0.5) is 11.5 Å². The van der Waals surface area contributed by atoms with E-state index in [0.29, 0.717) is 5.82 Å². The number of fused-ring (bicyclic) bond motifs is 1. The number of rotatable bonds is 2. The Morgan fingerprint density at radius 1 is 1.25 bits per heavy atom. The van der Waals surface area contributed by atoms with Crippen molar-refractivity contribution in [3.05, 3.63) is 41.9 Å². The van der Waals surface area contributed by atoms with E-state index in [1.807, 2.05) is 31.4 Å². The van der Waals surface area contributed by atoms with E-state index in [0.717, 1.165) is 23.7 Å². The quantitative estimate of drug-likeness (QED) is 0.709. The lowest BCUT2D eigenvalue weighted by Crippen LogP contribution is -1.94. The Morgan fingerprint density at radius 2 is 2.05 bits per heavy atom. The molecule has 2 N–H and O–H groups in total. The van der Waals surface area contributed by atoms with Gasteiger partial charge in [0.15, 0.2) is 0 Å². The molecule has 6 nitrogen and oxygen atoms in total. The number of nitrogens with zero attached hydrogens (tertiary/aromatic N) is 4. The summed E-state index contributed by atoms with van der Waals surface area (Å²) in [5, 5.41) is 15.8. The van der Waals surface area contributed by atoms with Gasteiger partial charge in [-0.3, -0.25) is 4.68 Å². The molecule has 3 aromatic rings. The van der Waals surface area contributed by atoms with Crippen LogP contribution in [0.1, 0.15) is 0 Å². The second kappa shape index (κ2) is 6.31. The molecule has 0 atom stereocenters. The van der Waals surface area contributed by atoms with Gasteiger partial charge < -0.3 is 10.4 Å². The number of hydrogen-bond acceptors (Lipinski definition) is 5. The van der Waals surface area contributed by atoms with Gasteiger partial charge in [0.05, 0.1) is 5.52 Å². The predicted octanol–water partition coefficient (Wildman–Crippen LogP) is 2.37. The zero-order valence-electron chi connectivity index (χ0n) is 11.1. The molecule has 0 spiro atoms. The maximum atomic E-state index is 7.00. The van der Waals surface area contributed by atoms with Crippen LogP contribution < -0.4 is 5.32 Å². The van der Waals surface area contributed by atoms with Gasteiger partial charge in [-0.2, -0.15) is 5.10 Å². The molecule has 20 heavy (non-hydrogen) atoms. The Morgan fingerprint density at radius 3 is 2.80 bits per heavy atom. The molecule has 0 saturated heterocycles. The van der Waals surface area contributed by atoms with Crippen molar-refractivity contribution in [3.8, 4) is 0 Å². The van der Waals surface area contributed by atoms with Crippen LogP contribution in [0.25, 0.3) is 10.9 Å². The summed E-state index contributed by atoms with van der Waals surface area (Å²) in [7, 11) is 2.90. The van der Waals surface area contributed by atoms with Gasteiger partial charge >= 0.3 is 0 Å². The molecule has 0 aliphatic rings. The Bertz CT molecular complexity index is 713. The predicted molar refractivity (Wildman–Crippen MR) is 79.2 cm³/mol. The lowest BCUT2D eigenvalue weighted by molar-refractivity contribution is 0.399. The molecule has 7 heteroatoms. The molecule has 1 aromatic carbocycles. The fourth-order valence-corrected chi connectivity index (χ4v) is 1.92. The van der Waals surface area contributed by atoms with E-state index in [4.69, 9.17) is 16.7 Å². The second-order valence-corrected chi connectivity index (χ2v) is 4.25. The third-order valence-electron chi connectivity index (χ3n) is 2.52. The van der Waals surface area contributed by atoms with E-state index in [9.17, 15) is 0 Å². The third kappa shape index (κ3) is 3.23. The third-order valence-corrected chi connectivity index (χ3v) is 2.70. The average molecular weight is 292 g/mol. The zero-order chi connectivity index (χ0) is 14.5. The molecular formula is C13H14ClN5O. The molecule has 0 aliphatic heterocycles. The molecule has 104 valence electrons. The van der Waals surface area contributed by atoms with Gasteiger partial charge in [-0.25, -0.2) is 9.97 Å². The van der Waals surface area contributed by atoms with Gasteiger partial charge in [0.2, 0.25) is 5.28 Å². The maximum Gasteiger partial charge on any atom is 0.224 e. The van der Waals surface area contributed by atoms with E-state index in [1.165, 1.54) is 0 Å². The highest BCUT2D eigenvalue weighted by Gasteiger charge is 2.02. The summed E-state index contributed by atoms with van der Waals surface area (Å²) in [6, 6.07) is 7.70. The van der Waals surface area contributed by atoms with Crippen LogP contribution >= 0.6 is 11.6 Å². The standard InChI is InChI=1S/C12H10ClN5.CH4O/c1-18-7-8-2-3-9(6-10(8)17-18)15-11-4-5-14-12(13)16-11;1-2/h2-7H,1H3,(H,14,15,16);2H,1H3. The highest BCUT2D eigenvalue weighted by atomic mass is 35.5. The van der Waals surface area contributed by atoms with Crippen molar-refractivity contribution < 1.29 is 5.11 Å². The van der Waals surface area contributed by atoms with Crippen LogP contribution in [-0.2, 0) is 7.05 Å². The summed E-state index contributed by atoms with van der Waals surface area (Å²) in [5.41, 5.74) is 1.85. The van der Waals surface area contributed by atoms with Crippen LogP contribution in [0.2, 0.25) is 5.28 Å². The van der Waals surface area contributed by atoms with Gasteiger partial charge in [-0.05, 0) is 35.9 Å². The minimum absolute atomic E-state index is 0.221. The van der Waals surface area contributed by atoms with Crippen molar-refractivity contribution in [1.82, 2.24) is 19.7 Å². The molecule has 0 radical (unpaired) electrons. The molecule has 0 amide bonds. The molecule has 0 saturated carbocycles. The Balaban J connectivity index is 0.000000704. The molecule has 0 unspecified atom stereocenters. The highest BCUT2D eigenvalue weighted by Crippen LogP contribution is 2.20. The van der Waals surface area contributed by atoms with Crippen molar-refractivity contribution in [2.24, 2.45) is 7.05 Å². The van der Waals surface area contributed by atoms with E-state index in [2.05, 4.69) is 20.4 Å². The topological polar surface area (TPSA) is 75.9 Å². The van der Waals surface area contributed by atoms with E-state index < -0.39 is 0 Å². The van der Waals surface area contributed by atoms with Crippen molar-refractivity contribution in [1.29, 1.82) is 0 Å². The van der Waals surface area contributed by atoms with Crippen LogP contribution in [0.15, 0.2) is 36.7 Å². The first-order chi connectivity index (χ1) is 9.70. The highest BCUT2D eigenvalue weighted by molar-refractivity contribution is 6.28. The zero-order valence-corrected chi connectivity index (χ0v) is 11.8. The Kier molecular flexibility index (Phi) is 4.49. The normalized spacial score (nSPS) is 10.0. The van der Waals surface area contributed by atoms with Gasteiger partial charge in [0.1, 0.15) is 5.82 Å². The van der Waals surface area contributed by atoms with Crippen LogP contribution in [0.5, 0.6) is 0 Å². The molecular weight excluding hydrogens is 278 g/mol. The molecule has 2 heterocycles. The first-order valence-electron chi connectivity index (χ1n) is 5.84. The van der Waals surface area contributed by atoms with Crippen LogP contribution in [0.3, 0.4) is 0 Å². The van der Waals surface area contributed by atoms with Crippen molar-refractivity contribution in [3.63, 3.8) is 0 Å².